The van der Waals surface area contributed by atoms with Crippen molar-refractivity contribution in [3.05, 3.63) is 29.3 Å². The van der Waals surface area contributed by atoms with Crippen LogP contribution in [0.2, 0.25) is 0 Å². The van der Waals surface area contributed by atoms with Crippen molar-refractivity contribution in [2.45, 2.75) is 59.0 Å². The number of anilines is 1. The molecular formula is C21H31N3O2S2. The highest BCUT2D eigenvalue weighted by molar-refractivity contribution is 8.23. The van der Waals surface area contributed by atoms with Crippen molar-refractivity contribution in [2.75, 3.05) is 24.7 Å². The first-order chi connectivity index (χ1) is 13.2. The average molecular weight is 422 g/mol. The zero-order chi connectivity index (χ0) is 20.8. The molecular weight excluding hydrogens is 390 g/mol. The van der Waals surface area contributed by atoms with Gasteiger partial charge in [0.2, 0.25) is 11.8 Å². The minimum Gasteiger partial charge on any atom is -0.352 e. The number of hydrogen-bond acceptors (Lipinski definition) is 4. The Kier molecular flexibility index (Phi) is 8.31. The van der Waals surface area contributed by atoms with Gasteiger partial charge in [0, 0.05) is 24.8 Å². The predicted octanol–water partition coefficient (Wildman–Crippen LogP) is 3.98. The molecule has 0 bridgehead atoms. The fourth-order valence-electron chi connectivity index (χ4n) is 3.58. The molecule has 0 aromatic heterocycles. The van der Waals surface area contributed by atoms with Gasteiger partial charge in [-0.3, -0.25) is 9.59 Å². The number of nitrogens with one attached hydrogen (secondary N) is 1. The van der Waals surface area contributed by atoms with Crippen LogP contribution in [0.1, 0.15) is 44.2 Å². The minimum absolute atomic E-state index is 0.0243. The number of likely N-dealkylation sites (tertiary alicyclic amines) is 1. The number of likely N-dealkylation sites (N-methyl/N-ethyl adjacent to an activating group) is 1. The summed E-state index contributed by atoms with van der Waals surface area (Å²) in [5.74, 6) is -0.0393. The number of thioether (sulfide) groups is 1. The summed E-state index contributed by atoms with van der Waals surface area (Å²) in [5, 5.41) is 2.92. The predicted molar refractivity (Wildman–Crippen MR) is 122 cm³/mol. The van der Waals surface area contributed by atoms with E-state index in [0.717, 1.165) is 34.0 Å². The van der Waals surface area contributed by atoms with Crippen molar-refractivity contribution < 1.29 is 9.59 Å². The lowest BCUT2D eigenvalue weighted by atomic mass is 9.99. The maximum absolute atomic E-state index is 12.5. The second kappa shape index (κ2) is 10.3. The molecule has 7 heteroatoms. The van der Waals surface area contributed by atoms with E-state index < -0.39 is 0 Å². The molecule has 28 heavy (non-hydrogen) atoms. The standard InChI is InChI=1S/C21H31N3O2S2/c1-14-8-6-9-15(2)20(14)22-18(25)12-23(5)19(26)13-28-21(27)24-16(3)10-7-11-17(24)4/h6,8-9,16-17H,7,10-13H2,1-5H3,(H,22,25)/t16-,17+. The maximum atomic E-state index is 12.5. The number of nitrogens with zero attached hydrogens (tertiary/aromatic N) is 2. The Balaban J connectivity index is 1.83. The second-order valence-corrected chi connectivity index (χ2v) is 9.26. The first-order valence-electron chi connectivity index (χ1n) is 9.75. The van der Waals surface area contributed by atoms with Gasteiger partial charge in [0.25, 0.3) is 0 Å². The van der Waals surface area contributed by atoms with Crippen molar-refractivity contribution in [2.24, 2.45) is 0 Å². The molecule has 1 aliphatic rings. The van der Waals surface area contributed by atoms with E-state index in [1.165, 1.54) is 23.1 Å². The molecule has 0 radical (unpaired) electrons. The summed E-state index contributed by atoms with van der Waals surface area (Å²) in [6.07, 6.45) is 3.50. The van der Waals surface area contributed by atoms with Crippen LogP contribution in [0.5, 0.6) is 0 Å². The summed E-state index contributed by atoms with van der Waals surface area (Å²) in [6.45, 7) is 8.31. The van der Waals surface area contributed by atoms with Crippen molar-refractivity contribution in [3.8, 4) is 0 Å². The van der Waals surface area contributed by atoms with Gasteiger partial charge in [0.05, 0.1) is 12.3 Å². The van der Waals surface area contributed by atoms with Crippen molar-refractivity contribution in [1.29, 1.82) is 0 Å². The third-order valence-electron chi connectivity index (χ3n) is 5.28. The number of amides is 2. The smallest absolute Gasteiger partial charge is 0.243 e. The van der Waals surface area contributed by atoms with E-state index in [1.807, 2.05) is 32.0 Å². The van der Waals surface area contributed by atoms with Gasteiger partial charge < -0.3 is 15.1 Å². The molecule has 1 aliphatic heterocycles. The molecule has 0 unspecified atom stereocenters. The molecule has 0 aliphatic carbocycles. The first-order valence-corrected chi connectivity index (χ1v) is 11.1. The Hall–Kier alpha value is -1.60. The highest BCUT2D eigenvalue weighted by atomic mass is 32.2. The summed E-state index contributed by atoms with van der Waals surface area (Å²) in [5.41, 5.74) is 2.83. The fraction of sp³-hybridized carbons (Fsp3) is 0.571. The van der Waals surface area contributed by atoms with Crippen LogP contribution in [0.15, 0.2) is 18.2 Å². The van der Waals surface area contributed by atoms with E-state index in [1.54, 1.807) is 7.05 Å². The van der Waals surface area contributed by atoms with E-state index in [4.69, 9.17) is 12.2 Å². The Morgan fingerprint density at radius 3 is 2.36 bits per heavy atom. The second-order valence-electron chi connectivity index (χ2n) is 7.66. The van der Waals surface area contributed by atoms with Gasteiger partial charge >= 0.3 is 0 Å². The molecule has 0 spiro atoms. The average Bonchev–Trinajstić information content (AvgIpc) is 2.62. The third-order valence-corrected chi connectivity index (χ3v) is 6.69. The lowest BCUT2D eigenvalue weighted by molar-refractivity contribution is -0.131. The maximum Gasteiger partial charge on any atom is 0.243 e. The van der Waals surface area contributed by atoms with Crippen LogP contribution in [0.25, 0.3) is 0 Å². The van der Waals surface area contributed by atoms with Crippen LogP contribution in [0, 0.1) is 13.8 Å². The molecule has 1 fully saturated rings. The van der Waals surface area contributed by atoms with Crippen molar-refractivity contribution >= 4 is 45.8 Å². The Morgan fingerprint density at radius 1 is 1.21 bits per heavy atom. The topological polar surface area (TPSA) is 52.7 Å². The summed E-state index contributed by atoms with van der Waals surface area (Å²) >= 11 is 6.97. The molecule has 2 atom stereocenters. The largest absolute Gasteiger partial charge is 0.352 e. The highest BCUT2D eigenvalue weighted by Gasteiger charge is 2.27. The summed E-state index contributed by atoms with van der Waals surface area (Å²) in [7, 11) is 1.66. The number of thiocarbonyl (C=S) groups is 1. The number of carbonyl (C=O) groups is 2. The van der Waals surface area contributed by atoms with Gasteiger partial charge in [-0.15, -0.1) is 0 Å². The SMILES string of the molecule is Cc1cccc(C)c1NC(=O)CN(C)C(=O)CSC(=S)N1[C@H](C)CCC[C@@H]1C. The van der Waals surface area contributed by atoms with Gasteiger partial charge in [-0.05, 0) is 58.1 Å². The van der Waals surface area contributed by atoms with Crippen molar-refractivity contribution in [1.82, 2.24) is 9.80 Å². The first kappa shape index (κ1) is 22.7. The van der Waals surface area contributed by atoms with Gasteiger partial charge in [-0.2, -0.15) is 0 Å². The number of carbonyl (C=O) groups excluding carboxylic acids is 2. The molecule has 1 N–H and O–H groups in total. The summed E-state index contributed by atoms with van der Waals surface area (Å²) < 4.78 is 0.779. The van der Waals surface area contributed by atoms with Crippen LogP contribution < -0.4 is 5.32 Å². The van der Waals surface area contributed by atoms with E-state index in [-0.39, 0.29) is 24.1 Å². The Labute approximate surface area is 178 Å². The number of para-hydroxylation sites is 1. The molecule has 1 saturated heterocycles. The van der Waals surface area contributed by atoms with Crippen LogP contribution >= 0.6 is 24.0 Å². The Bertz CT molecular complexity index is 708. The molecule has 2 amide bonds. The lowest BCUT2D eigenvalue weighted by Gasteiger charge is -2.40. The number of aryl methyl sites for hydroxylation is 2. The lowest BCUT2D eigenvalue weighted by Crippen LogP contribution is -2.46. The zero-order valence-electron chi connectivity index (χ0n) is 17.4. The van der Waals surface area contributed by atoms with Gasteiger partial charge in [-0.1, -0.05) is 42.2 Å². The molecule has 154 valence electrons. The van der Waals surface area contributed by atoms with Crippen molar-refractivity contribution in [3.63, 3.8) is 0 Å². The summed E-state index contributed by atoms with van der Waals surface area (Å²) in [4.78, 5) is 28.5. The molecule has 1 heterocycles. The highest BCUT2D eigenvalue weighted by Crippen LogP contribution is 2.26. The van der Waals surface area contributed by atoms with E-state index in [9.17, 15) is 9.59 Å². The minimum atomic E-state index is -0.195. The number of benzene rings is 1. The number of piperidine rings is 1. The fourth-order valence-corrected chi connectivity index (χ4v) is 5.10. The van der Waals surface area contributed by atoms with Crippen LogP contribution in [-0.4, -0.2) is 57.4 Å². The molecule has 5 nitrogen and oxygen atoms in total. The number of rotatable bonds is 5. The van der Waals surface area contributed by atoms with Crippen LogP contribution in [0.4, 0.5) is 5.69 Å². The van der Waals surface area contributed by atoms with E-state index >= 15 is 0 Å². The molecule has 1 aromatic carbocycles. The van der Waals surface area contributed by atoms with Gasteiger partial charge in [0.1, 0.15) is 4.32 Å². The van der Waals surface area contributed by atoms with Gasteiger partial charge in [-0.25, -0.2) is 0 Å². The van der Waals surface area contributed by atoms with Gasteiger partial charge in [0.15, 0.2) is 0 Å². The summed E-state index contributed by atoms with van der Waals surface area (Å²) in [6, 6.07) is 6.70. The number of hydrogen-bond donors (Lipinski definition) is 1. The van der Waals surface area contributed by atoms with Crippen LogP contribution in [0.3, 0.4) is 0 Å². The monoisotopic (exact) mass is 421 g/mol. The Morgan fingerprint density at radius 2 is 1.79 bits per heavy atom. The molecule has 1 aromatic rings. The third kappa shape index (κ3) is 5.95. The quantitative estimate of drug-likeness (QED) is 0.729. The zero-order valence-corrected chi connectivity index (χ0v) is 19.1. The normalized spacial score (nSPS) is 19.2. The molecule has 0 saturated carbocycles. The molecule has 2 rings (SSSR count). The van der Waals surface area contributed by atoms with E-state index in [0.29, 0.717) is 12.1 Å². The van der Waals surface area contributed by atoms with Crippen LogP contribution in [-0.2, 0) is 9.59 Å². The van der Waals surface area contributed by atoms with E-state index in [2.05, 4.69) is 24.1 Å².